The maximum atomic E-state index is 12.3. The summed E-state index contributed by atoms with van der Waals surface area (Å²) in [6.07, 6.45) is 1.40. The molecule has 0 saturated heterocycles. The Bertz CT molecular complexity index is 687. The molecule has 0 spiro atoms. The summed E-state index contributed by atoms with van der Waals surface area (Å²) < 4.78 is 4.62. The summed E-state index contributed by atoms with van der Waals surface area (Å²) in [7, 11) is 1.26. The molecule has 0 radical (unpaired) electrons. The fourth-order valence-corrected chi connectivity index (χ4v) is 2.25. The highest BCUT2D eigenvalue weighted by Crippen LogP contribution is 2.19. The van der Waals surface area contributed by atoms with E-state index in [2.05, 4.69) is 28.5 Å². The van der Waals surface area contributed by atoms with Gasteiger partial charge in [0.1, 0.15) is 5.56 Å². The summed E-state index contributed by atoms with van der Waals surface area (Å²) in [5.41, 5.74) is 1.39. The number of benzene rings is 1. The van der Waals surface area contributed by atoms with Crippen molar-refractivity contribution in [1.82, 2.24) is 4.98 Å². The number of pyridine rings is 1. The molecule has 0 aliphatic carbocycles. The van der Waals surface area contributed by atoms with Gasteiger partial charge in [-0.3, -0.25) is 4.79 Å². The molecule has 0 aliphatic heterocycles. The maximum Gasteiger partial charge on any atom is 0.343 e. The monoisotopic (exact) mass is 274 g/mol. The van der Waals surface area contributed by atoms with Gasteiger partial charge in [-0.1, -0.05) is 0 Å². The molecule has 2 rings (SSSR count). The number of anilines is 1. The van der Waals surface area contributed by atoms with Crippen molar-refractivity contribution >= 4 is 22.6 Å². The SMILES string of the molecule is CCN(CC)c1ccc2[nH]cc(C(=O)OC)c(=O)c2c1. The molecule has 1 aromatic heterocycles. The predicted molar refractivity (Wildman–Crippen MR) is 79.5 cm³/mol. The van der Waals surface area contributed by atoms with Crippen LogP contribution in [-0.2, 0) is 4.74 Å². The van der Waals surface area contributed by atoms with Gasteiger partial charge in [0.2, 0.25) is 5.43 Å². The normalized spacial score (nSPS) is 10.6. The lowest BCUT2D eigenvalue weighted by molar-refractivity contribution is 0.0599. The molecule has 106 valence electrons. The first-order valence-corrected chi connectivity index (χ1v) is 6.61. The zero-order valence-electron chi connectivity index (χ0n) is 11.9. The van der Waals surface area contributed by atoms with Crippen LogP contribution < -0.4 is 10.3 Å². The van der Waals surface area contributed by atoms with E-state index in [0.717, 1.165) is 18.8 Å². The fourth-order valence-electron chi connectivity index (χ4n) is 2.25. The van der Waals surface area contributed by atoms with Crippen molar-refractivity contribution in [3.63, 3.8) is 0 Å². The van der Waals surface area contributed by atoms with E-state index in [1.54, 1.807) is 0 Å². The Morgan fingerprint density at radius 3 is 2.60 bits per heavy atom. The molecule has 0 saturated carbocycles. The van der Waals surface area contributed by atoms with E-state index >= 15 is 0 Å². The van der Waals surface area contributed by atoms with Gasteiger partial charge in [-0.05, 0) is 32.0 Å². The molecule has 1 N–H and O–H groups in total. The number of hydrogen-bond donors (Lipinski definition) is 1. The first-order chi connectivity index (χ1) is 9.62. The van der Waals surface area contributed by atoms with Crippen LogP contribution in [0.15, 0.2) is 29.2 Å². The Balaban J connectivity index is 2.63. The van der Waals surface area contributed by atoms with Crippen LogP contribution >= 0.6 is 0 Å². The number of carbonyl (C=O) groups is 1. The summed E-state index contributed by atoms with van der Waals surface area (Å²) in [5.74, 6) is -0.624. The molecular formula is C15H18N2O3. The summed E-state index contributed by atoms with van der Waals surface area (Å²) in [5, 5.41) is 0.498. The van der Waals surface area contributed by atoms with E-state index < -0.39 is 5.97 Å². The number of rotatable bonds is 4. The molecular weight excluding hydrogens is 256 g/mol. The third-order valence-electron chi connectivity index (χ3n) is 3.40. The Kier molecular flexibility index (Phi) is 4.08. The minimum absolute atomic E-state index is 0.0247. The summed E-state index contributed by atoms with van der Waals surface area (Å²) in [6.45, 7) is 5.83. The average Bonchev–Trinajstić information content (AvgIpc) is 2.48. The van der Waals surface area contributed by atoms with Gasteiger partial charge in [-0.2, -0.15) is 0 Å². The van der Waals surface area contributed by atoms with Crippen LogP contribution in [-0.4, -0.2) is 31.2 Å². The lowest BCUT2D eigenvalue weighted by Gasteiger charge is -2.21. The summed E-state index contributed by atoms with van der Waals surface area (Å²) >= 11 is 0. The van der Waals surface area contributed by atoms with Gasteiger partial charge in [-0.15, -0.1) is 0 Å². The van der Waals surface area contributed by atoms with Crippen molar-refractivity contribution in [2.45, 2.75) is 13.8 Å². The topological polar surface area (TPSA) is 62.4 Å². The number of H-pyrrole nitrogens is 1. The quantitative estimate of drug-likeness (QED) is 0.868. The number of methoxy groups -OCH3 is 1. The van der Waals surface area contributed by atoms with Gasteiger partial charge >= 0.3 is 5.97 Å². The van der Waals surface area contributed by atoms with Crippen molar-refractivity contribution in [3.8, 4) is 0 Å². The van der Waals surface area contributed by atoms with Crippen LogP contribution in [0.5, 0.6) is 0 Å². The lowest BCUT2D eigenvalue weighted by atomic mass is 10.1. The molecule has 0 atom stereocenters. The van der Waals surface area contributed by atoms with Crippen LogP contribution in [0, 0.1) is 0 Å². The van der Waals surface area contributed by atoms with Crippen molar-refractivity contribution in [1.29, 1.82) is 0 Å². The second-order valence-electron chi connectivity index (χ2n) is 4.43. The number of aromatic nitrogens is 1. The molecule has 2 aromatic rings. The summed E-state index contributed by atoms with van der Waals surface area (Å²) in [6, 6.07) is 5.63. The minimum Gasteiger partial charge on any atom is -0.465 e. The highest BCUT2D eigenvalue weighted by Gasteiger charge is 2.14. The third kappa shape index (κ3) is 2.39. The van der Waals surface area contributed by atoms with Crippen LogP contribution in [0.4, 0.5) is 5.69 Å². The second kappa shape index (κ2) is 5.77. The van der Waals surface area contributed by atoms with E-state index in [9.17, 15) is 9.59 Å². The van der Waals surface area contributed by atoms with Crippen molar-refractivity contribution in [2.24, 2.45) is 0 Å². The first-order valence-electron chi connectivity index (χ1n) is 6.61. The molecule has 0 unspecified atom stereocenters. The number of fused-ring (bicyclic) bond motifs is 1. The van der Waals surface area contributed by atoms with Crippen LogP contribution in [0.2, 0.25) is 0 Å². The van der Waals surface area contributed by atoms with Crippen molar-refractivity contribution in [2.75, 3.05) is 25.1 Å². The molecule has 0 bridgehead atoms. The molecule has 20 heavy (non-hydrogen) atoms. The van der Waals surface area contributed by atoms with E-state index in [1.165, 1.54) is 13.3 Å². The number of nitrogens with one attached hydrogen (secondary N) is 1. The Hall–Kier alpha value is -2.30. The first kappa shape index (κ1) is 14.1. The molecule has 1 heterocycles. The predicted octanol–water partition coefficient (Wildman–Crippen LogP) is 2.16. The number of hydrogen-bond acceptors (Lipinski definition) is 4. The largest absolute Gasteiger partial charge is 0.465 e. The number of ether oxygens (including phenoxy) is 1. The molecule has 0 aliphatic rings. The van der Waals surface area contributed by atoms with E-state index in [0.29, 0.717) is 10.9 Å². The Morgan fingerprint density at radius 1 is 1.30 bits per heavy atom. The van der Waals surface area contributed by atoms with Crippen LogP contribution in [0.25, 0.3) is 10.9 Å². The van der Waals surface area contributed by atoms with Gasteiger partial charge in [-0.25, -0.2) is 4.79 Å². The number of nitrogens with zero attached hydrogens (tertiary/aromatic N) is 1. The number of aromatic amines is 1. The van der Waals surface area contributed by atoms with E-state index in [1.807, 2.05) is 18.2 Å². The van der Waals surface area contributed by atoms with Crippen molar-refractivity contribution < 1.29 is 9.53 Å². The molecule has 5 heteroatoms. The fraction of sp³-hybridized carbons (Fsp3) is 0.333. The molecule has 0 fully saturated rings. The van der Waals surface area contributed by atoms with E-state index in [4.69, 9.17) is 0 Å². The van der Waals surface area contributed by atoms with Gasteiger partial charge in [0, 0.05) is 35.9 Å². The maximum absolute atomic E-state index is 12.3. The Morgan fingerprint density at radius 2 is 2.00 bits per heavy atom. The Labute approximate surface area is 117 Å². The van der Waals surface area contributed by atoms with Crippen molar-refractivity contribution in [3.05, 3.63) is 40.2 Å². The average molecular weight is 274 g/mol. The lowest BCUT2D eigenvalue weighted by Crippen LogP contribution is -2.22. The van der Waals surface area contributed by atoms with Gasteiger partial charge < -0.3 is 14.6 Å². The van der Waals surface area contributed by atoms with Gasteiger partial charge in [0.05, 0.1) is 7.11 Å². The van der Waals surface area contributed by atoms with Gasteiger partial charge in [0.25, 0.3) is 0 Å². The summed E-state index contributed by atoms with van der Waals surface area (Å²) in [4.78, 5) is 29.0. The number of esters is 1. The molecule has 5 nitrogen and oxygen atoms in total. The second-order valence-corrected chi connectivity index (χ2v) is 4.43. The van der Waals surface area contributed by atoms with Gasteiger partial charge in [0.15, 0.2) is 0 Å². The van der Waals surface area contributed by atoms with Crippen LogP contribution in [0.3, 0.4) is 0 Å². The third-order valence-corrected chi connectivity index (χ3v) is 3.40. The van der Waals surface area contributed by atoms with Crippen LogP contribution in [0.1, 0.15) is 24.2 Å². The molecule has 0 amide bonds. The standard InChI is InChI=1S/C15H18N2O3/c1-4-17(5-2)10-6-7-13-11(8-10)14(18)12(9-16-13)15(19)20-3/h6-9H,4-5H2,1-3H3,(H,16,18). The molecule has 1 aromatic carbocycles. The number of carbonyl (C=O) groups excluding carboxylic acids is 1. The highest BCUT2D eigenvalue weighted by molar-refractivity contribution is 5.94. The van der Waals surface area contributed by atoms with E-state index in [-0.39, 0.29) is 11.0 Å². The minimum atomic E-state index is -0.624. The zero-order valence-corrected chi connectivity index (χ0v) is 11.9. The highest BCUT2D eigenvalue weighted by atomic mass is 16.5. The zero-order chi connectivity index (χ0) is 14.7. The smallest absolute Gasteiger partial charge is 0.343 e.